The van der Waals surface area contributed by atoms with E-state index in [4.69, 9.17) is 10.6 Å². The molecule has 46 heavy (non-hydrogen) atoms. The molecule has 6 aliphatic rings. The standard InChI is InChI=1S/C39H63N3O4/c1-22(2)24-13-18-39(33(45)41-29-21-26(32(44)42-40)34(29,4)5)20-19-37(9)25(31(24)39)11-12-28-36(8)16-15-30(46-23(3)43)35(6,7)27(36)14-17-38(28,37)10/h24-31H,1,11-21,40H2,2-10H3,(H,41,45)(H,42,44)/t24-,25+,26+,27-,28+,29+,30-,31+,36-,37+,38+,39-/m0/s1. The predicted molar refractivity (Wildman–Crippen MR) is 181 cm³/mol. The third-order valence-electron chi connectivity index (χ3n) is 16.8. The number of esters is 1. The van der Waals surface area contributed by atoms with Crippen LogP contribution in [-0.4, -0.2) is 29.9 Å². The Kier molecular flexibility index (Phi) is 7.98. The Morgan fingerprint density at radius 3 is 2.09 bits per heavy atom. The SMILES string of the molecule is C=C(C)[C@@H]1CC[C@]2(C(=O)N[C@@H]3C[C@H](C(=O)NN)C3(C)C)CC[C@]3(C)[C@H](CC[C@@H]4[C@@]5(C)CC[C@H](OC(C)=O)C(C)(C)[C@@H]5CC[C@]43C)[C@@H]12. The van der Waals surface area contributed by atoms with Gasteiger partial charge in [0.1, 0.15) is 6.10 Å². The number of fused-ring (bicyclic) bond motifs is 7. The molecule has 12 atom stereocenters. The lowest BCUT2D eigenvalue weighted by Gasteiger charge is -2.73. The largest absolute Gasteiger partial charge is 0.462 e. The smallest absolute Gasteiger partial charge is 0.302 e. The zero-order valence-corrected chi connectivity index (χ0v) is 30.3. The Balaban J connectivity index is 1.30. The van der Waals surface area contributed by atoms with E-state index >= 15 is 0 Å². The fourth-order valence-corrected chi connectivity index (χ4v) is 13.9. The molecule has 0 heterocycles. The minimum atomic E-state index is -0.376. The van der Waals surface area contributed by atoms with Crippen LogP contribution in [0.25, 0.3) is 0 Å². The second kappa shape index (κ2) is 10.8. The minimum absolute atomic E-state index is 0.0106. The van der Waals surface area contributed by atoms with Gasteiger partial charge >= 0.3 is 5.97 Å². The molecule has 0 saturated heterocycles. The van der Waals surface area contributed by atoms with Crippen LogP contribution in [0, 0.1) is 68.0 Å². The van der Waals surface area contributed by atoms with Gasteiger partial charge in [0.05, 0.1) is 5.41 Å². The molecule has 6 fully saturated rings. The van der Waals surface area contributed by atoms with Crippen molar-refractivity contribution in [1.82, 2.24) is 10.7 Å². The van der Waals surface area contributed by atoms with Crippen LogP contribution in [-0.2, 0) is 19.1 Å². The summed E-state index contributed by atoms with van der Waals surface area (Å²) >= 11 is 0. The number of nitrogens with one attached hydrogen (secondary N) is 2. The topological polar surface area (TPSA) is 111 Å². The van der Waals surface area contributed by atoms with Crippen molar-refractivity contribution >= 4 is 17.8 Å². The average molecular weight is 638 g/mol. The van der Waals surface area contributed by atoms with E-state index in [9.17, 15) is 14.4 Å². The highest BCUT2D eigenvalue weighted by atomic mass is 16.5. The van der Waals surface area contributed by atoms with Crippen molar-refractivity contribution in [2.24, 2.45) is 73.8 Å². The Labute approximate surface area is 278 Å². The number of allylic oxidation sites excluding steroid dienone is 1. The Morgan fingerprint density at radius 2 is 1.48 bits per heavy atom. The van der Waals surface area contributed by atoms with E-state index in [0.29, 0.717) is 36.0 Å². The molecule has 6 aliphatic carbocycles. The van der Waals surface area contributed by atoms with Crippen molar-refractivity contribution in [2.45, 2.75) is 145 Å². The van der Waals surface area contributed by atoms with Crippen molar-refractivity contribution in [1.29, 1.82) is 0 Å². The molecule has 0 radical (unpaired) electrons. The molecule has 2 amide bonds. The summed E-state index contributed by atoms with van der Waals surface area (Å²) in [5, 5.41) is 3.53. The van der Waals surface area contributed by atoms with Gasteiger partial charge in [0, 0.05) is 24.3 Å². The maximum atomic E-state index is 14.7. The zero-order valence-electron chi connectivity index (χ0n) is 30.3. The maximum absolute atomic E-state index is 14.7. The van der Waals surface area contributed by atoms with Crippen LogP contribution >= 0.6 is 0 Å². The lowest BCUT2D eigenvalue weighted by molar-refractivity contribution is -0.249. The number of carbonyl (C=O) groups excluding carboxylic acids is 3. The molecule has 258 valence electrons. The van der Waals surface area contributed by atoms with Gasteiger partial charge in [-0.25, -0.2) is 5.84 Å². The molecule has 0 bridgehead atoms. The summed E-state index contributed by atoms with van der Waals surface area (Å²) < 4.78 is 5.95. The third kappa shape index (κ3) is 4.40. The van der Waals surface area contributed by atoms with Gasteiger partial charge < -0.3 is 10.1 Å². The molecule has 0 aromatic carbocycles. The maximum Gasteiger partial charge on any atom is 0.302 e. The number of hydrogen-bond donors (Lipinski definition) is 3. The van der Waals surface area contributed by atoms with Crippen molar-refractivity contribution in [2.75, 3.05) is 0 Å². The fourth-order valence-electron chi connectivity index (χ4n) is 13.9. The van der Waals surface area contributed by atoms with Crippen molar-refractivity contribution in [3.05, 3.63) is 12.2 Å². The van der Waals surface area contributed by atoms with E-state index in [1.165, 1.54) is 31.3 Å². The Bertz CT molecular complexity index is 1310. The van der Waals surface area contributed by atoms with Gasteiger partial charge in [-0.1, -0.05) is 60.6 Å². The fraction of sp³-hybridized carbons (Fsp3) is 0.872. The number of nitrogens with two attached hydrogens (primary N) is 1. The molecule has 0 unspecified atom stereocenters. The highest BCUT2D eigenvalue weighted by molar-refractivity contribution is 5.85. The van der Waals surface area contributed by atoms with E-state index < -0.39 is 0 Å². The predicted octanol–water partition coefficient (Wildman–Crippen LogP) is 7.10. The van der Waals surface area contributed by atoms with Crippen LogP contribution < -0.4 is 16.6 Å². The molecule has 0 aromatic heterocycles. The van der Waals surface area contributed by atoms with E-state index in [-0.39, 0.29) is 68.3 Å². The van der Waals surface area contributed by atoms with E-state index in [0.717, 1.165) is 38.5 Å². The Morgan fingerprint density at radius 1 is 0.783 bits per heavy atom. The summed E-state index contributed by atoms with van der Waals surface area (Å²) in [5.41, 5.74) is 3.35. The first-order valence-corrected chi connectivity index (χ1v) is 18.5. The van der Waals surface area contributed by atoms with E-state index in [1.54, 1.807) is 6.92 Å². The van der Waals surface area contributed by atoms with Gasteiger partial charge in [-0.3, -0.25) is 19.8 Å². The van der Waals surface area contributed by atoms with Gasteiger partial charge in [0.2, 0.25) is 11.8 Å². The summed E-state index contributed by atoms with van der Waals surface area (Å²) in [7, 11) is 0. The molecule has 4 N–H and O–H groups in total. The van der Waals surface area contributed by atoms with Crippen LogP contribution in [0.3, 0.4) is 0 Å². The van der Waals surface area contributed by atoms with Crippen molar-refractivity contribution < 1.29 is 19.1 Å². The first-order chi connectivity index (χ1) is 21.3. The van der Waals surface area contributed by atoms with Gasteiger partial charge in [-0.15, -0.1) is 0 Å². The molecule has 6 rings (SSSR count). The van der Waals surface area contributed by atoms with Gasteiger partial charge in [-0.05, 0) is 129 Å². The number of hydrogen-bond acceptors (Lipinski definition) is 5. The minimum Gasteiger partial charge on any atom is -0.462 e. The van der Waals surface area contributed by atoms with E-state index in [2.05, 4.69) is 72.7 Å². The second-order valence-corrected chi connectivity index (χ2v) is 18.9. The summed E-state index contributed by atoms with van der Waals surface area (Å²) in [4.78, 5) is 39.1. The molecule has 7 heteroatoms. The van der Waals surface area contributed by atoms with Crippen LogP contribution in [0.15, 0.2) is 12.2 Å². The number of carbonyl (C=O) groups is 3. The highest BCUT2D eigenvalue weighted by Gasteiger charge is 2.72. The molecular weight excluding hydrogens is 574 g/mol. The van der Waals surface area contributed by atoms with Crippen LogP contribution in [0.1, 0.15) is 133 Å². The highest BCUT2D eigenvalue weighted by Crippen LogP contribution is 2.77. The Hall–Kier alpha value is -1.89. The number of hydrazine groups is 1. The first kappa shape index (κ1) is 34.0. The van der Waals surface area contributed by atoms with Gasteiger partial charge in [-0.2, -0.15) is 0 Å². The summed E-state index contributed by atoms with van der Waals surface area (Å²) in [6, 6.07) is -0.0246. The molecule has 0 aliphatic heterocycles. The lowest BCUT2D eigenvalue weighted by Crippen LogP contribution is -2.68. The van der Waals surface area contributed by atoms with Crippen LogP contribution in [0.5, 0.6) is 0 Å². The molecule has 0 aromatic rings. The zero-order chi connectivity index (χ0) is 33.8. The number of rotatable bonds is 5. The third-order valence-corrected chi connectivity index (χ3v) is 16.8. The van der Waals surface area contributed by atoms with Crippen molar-refractivity contribution in [3.63, 3.8) is 0 Å². The number of amides is 2. The van der Waals surface area contributed by atoms with E-state index in [1.807, 2.05) is 0 Å². The quantitative estimate of drug-likeness (QED) is 0.0980. The van der Waals surface area contributed by atoms with Crippen LogP contribution in [0.2, 0.25) is 0 Å². The van der Waals surface area contributed by atoms with Gasteiger partial charge in [0.25, 0.3) is 0 Å². The lowest BCUT2D eigenvalue weighted by atomic mass is 9.32. The second-order valence-electron chi connectivity index (χ2n) is 18.9. The average Bonchev–Trinajstić information content (AvgIpc) is 3.37. The van der Waals surface area contributed by atoms with Crippen molar-refractivity contribution in [3.8, 4) is 0 Å². The van der Waals surface area contributed by atoms with Crippen LogP contribution in [0.4, 0.5) is 0 Å². The number of ether oxygens (including phenoxy) is 1. The molecule has 0 spiro atoms. The first-order valence-electron chi connectivity index (χ1n) is 18.5. The summed E-state index contributed by atoms with van der Waals surface area (Å²) in [5.74, 6) is 7.51. The summed E-state index contributed by atoms with van der Waals surface area (Å²) in [6.07, 6.45) is 11.4. The molecule has 7 nitrogen and oxygen atoms in total. The normalized spacial score (nSPS) is 48.3. The molecule has 6 saturated carbocycles. The summed E-state index contributed by atoms with van der Waals surface area (Å²) in [6.45, 7) is 25.0. The monoisotopic (exact) mass is 637 g/mol. The molecular formula is C39H63N3O4. The van der Waals surface area contributed by atoms with Gasteiger partial charge in [0.15, 0.2) is 0 Å².